The summed E-state index contributed by atoms with van der Waals surface area (Å²) in [5, 5.41) is 1.28. The maximum atomic E-state index is 6.06. The van der Waals surface area contributed by atoms with E-state index < -0.39 is 0 Å². The van der Waals surface area contributed by atoms with Gasteiger partial charge in [0.05, 0.1) is 15.9 Å². The number of fused-ring (bicyclic) bond motifs is 1. The van der Waals surface area contributed by atoms with E-state index >= 15 is 0 Å². The Morgan fingerprint density at radius 1 is 1.05 bits per heavy atom. The van der Waals surface area contributed by atoms with Crippen LogP contribution in [0, 0.1) is 0 Å². The molecule has 0 bridgehead atoms. The number of benzene rings is 2. The van der Waals surface area contributed by atoms with Crippen molar-refractivity contribution in [1.82, 2.24) is 9.97 Å². The summed E-state index contributed by atoms with van der Waals surface area (Å²) in [6.07, 6.45) is 1.45. The van der Waals surface area contributed by atoms with Gasteiger partial charge in [-0.3, -0.25) is 0 Å². The lowest BCUT2D eigenvalue weighted by molar-refractivity contribution is 0.468. The first-order chi connectivity index (χ1) is 9.24. The molecule has 0 saturated carbocycles. The number of nitrogen functional groups attached to an aromatic ring is 1. The molecule has 5 heteroatoms. The van der Waals surface area contributed by atoms with Crippen molar-refractivity contribution in [3.8, 4) is 11.6 Å². The number of aromatic nitrogens is 2. The SMILES string of the molecule is Nc1ccc2ncnc(Oc3ccccc3Cl)c2c1. The first kappa shape index (κ1) is 11.7. The van der Waals surface area contributed by atoms with Crippen molar-refractivity contribution in [3.63, 3.8) is 0 Å². The van der Waals surface area contributed by atoms with Gasteiger partial charge in [0, 0.05) is 5.69 Å². The maximum Gasteiger partial charge on any atom is 0.230 e. The first-order valence-electron chi connectivity index (χ1n) is 5.66. The van der Waals surface area contributed by atoms with Crippen LogP contribution >= 0.6 is 11.6 Å². The molecule has 0 aliphatic rings. The van der Waals surface area contributed by atoms with Crippen LogP contribution < -0.4 is 10.5 Å². The van der Waals surface area contributed by atoms with E-state index in [9.17, 15) is 0 Å². The van der Waals surface area contributed by atoms with E-state index in [2.05, 4.69) is 9.97 Å². The zero-order valence-corrected chi connectivity index (χ0v) is 10.6. The Kier molecular flexibility index (Phi) is 2.93. The highest BCUT2D eigenvalue weighted by molar-refractivity contribution is 6.32. The molecule has 0 spiro atoms. The molecule has 94 valence electrons. The Bertz CT molecular complexity index is 746. The Morgan fingerprint density at radius 2 is 1.89 bits per heavy atom. The quantitative estimate of drug-likeness (QED) is 0.723. The highest BCUT2D eigenvalue weighted by atomic mass is 35.5. The molecule has 3 rings (SSSR count). The summed E-state index contributed by atoms with van der Waals surface area (Å²) in [5.74, 6) is 0.983. The predicted octanol–water partition coefficient (Wildman–Crippen LogP) is 3.66. The number of rotatable bonds is 2. The molecule has 0 radical (unpaired) electrons. The summed E-state index contributed by atoms with van der Waals surface area (Å²) in [7, 11) is 0. The van der Waals surface area contributed by atoms with E-state index in [-0.39, 0.29) is 0 Å². The van der Waals surface area contributed by atoms with Gasteiger partial charge in [0.25, 0.3) is 0 Å². The largest absolute Gasteiger partial charge is 0.437 e. The summed E-state index contributed by atoms with van der Waals surface area (Å²) in [6, 6.07) is 12.6. The van der Waals surface area contributed by atoms with Crippen LogP contribution in [0.4, 0.5) is 5.69 Å². The minimum atomic E-state index is 0.436. The van der Waals surface area contributed by atoms with Crippen molar-refractivity contribution >= 4 is 28.2 Å². The van der Waals surface area contributed by atoms with Crippen LogP contribution in [-0.2, 0) is 0 Å². The average Bonchev–Trinajstić information content (AvgIpc) is 2.42. The van der Waals surface area contributed by atoms with Crippen molar-refractivity contribution in [1.29, 1.82) is 0 Å². The number of anilines is 1. The van der Waals surface area contributed by atoms with Crippen molar-refractivity contribution < 1.29 is 4.74 Å². The molecule has 0 atom stereocenters. The fourth-order valence-electron chi connectivity index (χ4n) is 1.76. The molecule has 3 aromatic rings. The van der Waals surface area contributed by atoms with Crippen LogP contribution in [0.3, 0.4) is 0 Å². The zero-order valence-electron chi connectivity index (χ0n) is 9.88. The monoisotopic (exact) mass is 271 g/mol. The molecule has 1 aromatic heterocycles. The van der Waals surface area contributed by atoms with Gasteiger partial charge in [0.15, 0.2) is 0 Å². The molecule has 0 amide bonds. The Labute approximate surface area is 114 Å². The van der Waals surface area contributed by atoms with Gasteiger partial charge in [-0.15, -0.1) is 0 Å². The van der Waals surface area contributed by atoms with Gasteiger partial charge in [-0.25, -0.2) is 9.97 Å². The smallest absolute Gasteiger partial charge is 0.230 e. The molecule has 2 N–H and O–H groups in total. The van der Waals surface area contributed by atoms with Crippen LogP contribution in [0.1, 0.15) is 0 Å². The summed E-state index contributed by atoms with van der Waals surface area (Å²) in [4.78, 5) is 8.30. The molecule has 0 fully saturated rings. The second kappa shape index (κ2) is 4.74. The van der Waals surface area contributed by atoms with Crippen LogP contribution in [0.2, 0.25) is 5.02 Å². The lowest BCUT2D eigenvalue weighted by atomic mass is 10.2. The first-order valence-corrected chi connectivity index (χ1v) is 6.04. The fourth-order valence-corrected chi connectivity index (χ4v) is 1.94. The van der Waals surface area contributed by atoms with Crippen molar-refractivity contribution in [3.05, 3.63) is 53.8 Å². The zero-order chi connectivity index (χ0) is 13.2. The van der Waals surface area contributed by atoms with Gasteiger partial charge in [0.1, 0.15) is 12.1 Å². The highest BCUT2D eigenvalue weighted by Crippen LogP contribution is 2.31. The number of para-hydroxylation sites is 1. The summed E-state index contributed by atoms with van der Waals surface area (Å²) < 4.78 is 5.74. The molecule has 0 aliphatic carbocycles. The second-order valence-corrected chi connectivity index (χ2v) is 4.40. The Hall–Kier alpha value is -2.33. The predicted molar refractivity (Wildman–Crippen MR) is 75.5 cm³/mol. The van der Waals surface area contributed by atoms with Crippen LogP contribution in [0.15, 0.2) is 48.8 Å². The molecule has 0 saturated heterocycles. The Morgan fingerprint density at radius 3 is 2.74 bits per heavy atom. The number of hydrogen-bond acceptors (Lipinski definition) is 4. The van der Waals surface area contributed by atoms with Crippen molar-refractivity contribution in [2.75, 3.05) is 5.73 Å². The van der Waals surface area contributed by atoms with E-state index in [1.54, 1.807) is 24.3 Å². The van der Waals surface area contributed by atoms with Crippen LogP contribution in [-0.4, -0.2) is 9.97 Å². The lowest BCUT2D eigenvalue weighted by Crippen LogP contribution is -1.93. The van der Waals surface area contributed by atoms with E-state index in [0.29, 0.717) is 22.3 Å². The van der Waals surface area contributed by atoms with Crippen molar-refractivity contribution in [2.45, 2.75) is 0 Å². The topological polar surface area (TPSA) is 61.0 Å². The van der Waals surface area contributed by atoms with Gasteiger partial charge < -0.3 is 10.5 Å². The molecule has 4 nitrogen and oxygen atoms in total. The molecule has 0 aliphatic heterocycles. The van der Waals surface area contributed by atoms with Gasteiger partial charge in [-0.05, 0) is 30.3 Å². The average molecular weight is 272 g/mol. The molecule has 0 unspecified atom stereocenters. The molecular weight excluding hydrogens is 262 g/mol. The number of nitrogens with two attached hydrogens (primary N) is 1. The minimum Gasteiger partial charge on any atom is -0.437 e. The standard InChI is InChI=1S/C14H10ClN3O/c15-11-3-1-2-4-13(11)19-14-10-7-9(16)5-6-12(10)17-8-18-14/h1-8H,16H2. The summed E-state index contributed by atoms with van der Waals surface area (Å²) in [5.41, 5.74) is 7.18. The van der Waals surface area contributed by atoms with Crippen LogP contribution in [0.25, 0.3) is 10.9 Å². The van der Waals surface area contributed by atoms with Crippen molar-refractivity contribution in [2.24, 2.45) is 0 Å². The number of nitrogens with zero attached hydrogens (tertiary/aromatic N) is 2. The summed E-state index contributed by atoms with van der Waals surface area (Å²) in [6.45, 7) is 0. The molecule has 2 aromatic carbocycles. The fraction of sp³-hybridized carbons (Fsp3) is 0. The third-order valence-electron chi connectivity index (χ3n) is 2.67. The third-order valence-corrected chi connectivity index (χ3v) is 2.98. The maximum absolute atomic E-state index is 6.06. The highest BCUT2D eigenvalue weighted by Gasteiger charge is 2.08. The molecule has 19 heavy (non-hydrogen) atoms. The van der Waals surface area contributed by atoms with E-state index in [1.165, 1.54) is 6.33 Å². The van der Waals surface area contributed by atoms with Crippen LogP contribution in [0.5, 0.6) is 11.6 Å². The minimum absolute atomic E-state index is 0.436. The second-order valence-electron chi connectivity index (χ2n) is 3.99. The van der Waals surface area contributed by atoms with Gasteiger partial charge in [-0.1, -0.05) is 23.7 Å². The van der Waals surface area contributed by atoms with Gasteiger partial charge >= 0.3 is 0 Å². The normalized spacial score (nSPS) is 10.6. The summed E-state index contributed by atoms with van der Waals surface area (Å²) >= 11 is 6.06. The van der Waals surface area contributed by atoms with Gasteiger partial charge in [0.2, 0.25) is 5.88 Å². The number of ether oxygens (including phenoxy) is 1. The Balaban J connectivity index is 2.10. The van der Waals surface area contributed by atoms with Gasteiger partial charge in [-0.2, -0.15) is 0 Å². The number of hydrogen-bond donors (Lipinski definition) is 1. The molecular formula is C14H10ClN3O. The molecule has 1 heterocycles. The van der Waals surface area contributed by atoms with E-state index in [0.717, 1.165) is 10.9 Å². The third kappa shape index (κ3) is 2.30. The lowest BCUT2D eigenvalue weighted by Gasteiger charge is -2.08. The van der Waals surface area contributed by atoms with E-state index in [1.807, 2.05) is 18.2 Å². The van der Waals surface area contributed by atoms with E-state index in [4.69, 9.17) is 22.1 Å². The number of halogens is 1.